The summed E-state index contributed by atoms with van der Waals surface area (Å²) < 4.78 is 4.97. The van der Waals surface area contributed by atoms with Gasteiger partial charge in [0, 0.05) is 17.4 Å². The standard InChI is InChI=1S/C12H13N3O3S/c1-7-11(19-12(13)14-7)6-8-3-4-10(18-2)9(5-8)15(16)17/h3-5H,6H2,1-2H3,(H2,13,14). The lowest BCUT2D eigenvalue weighted by Gasteiger charge is -2.04. The summed E-state index contributed by atoms with van der Waals surface area (Å²) in [6.45, 7) is 1.88. The monoisotopic (exact) mass is 279 g/mol. The van der Waals surface area contributed by atoms with E-state index in [0.29, 0.717) is 11.6 Å². The molecule has 0 aliphatic rings. The molecule has 2 aromatic rings. The summed E-state index contributed by atoms with van der Waals surface area (Å²) in [6, 6.07) is 4.93. The van der Waals surface area contributed by atoms with Crippen LogP contribution in [-0.2, 0) is 6.42 Å². The summed E-state index contributed by atoms with van der Waals surface area (Å²) in [6.07, 6.45) is 0.575. The van der Waals surface area contributed by atoms with Crippen molar-refractivity contribution in [2.45, 2.75) is 13.3 Å². The van der Waals surface area contributed by atoms with Gasteiger partial charge in [-0.2, -0.15) is 0 Å². The van der Waals surface area contributed by atoms with E-state index >= 15 is 0 Å². The number of benzene rings is 1. The SMILES string of the molecule is COc1ccc(Cc2sc(N)nc2C)cc1[N+](=O)[O-]. The first-order chi connectivity index (χ1) is 9.01. The second kappa shape index (κ2) is 5.23. The van der Waals surface area contributed by atoms with Crippen LogP contribution in [0.2, 0.25) is 0 Å². The van der Waals surface area contributed by atoms with Crippen LogP contribution in [0, 0.1) is 17.0 Å². The van der Waals surface area contributed by atoms with Gasteiger partial charge in [-0.1, -0.05) is 6.07 Å². The minimum Gasteiger partial charge on any atom is -0.490 e. The van der Waals surface area contributed by atoms with Crippen molar-refractivity contribution in [1.29, 1.82) is 0 Å². The Morgan fingerprint density at radius 3 is 2.79 bits per heavy atom. The molecule has 0 atom stereocenters. The van der Waals surface area contributed by atoms with Gasteiger partial charge in [0.15, 0.2) is 10.9 Å². The largest absolute Gasteiger partial charge is 0.490 e. The van der Waals surface area contributed by atoms with E-state index in [9.17, 15) is 10.1 Å². The summed E-state index contributed by atoms with van der Waals surface area (Å²) in [5.41, 5.74) is 7.30. The summed E-state index contributed by atoms with van der Waals surface area (Å²) in [5.74, 6) is 0.259. The Bertz CT molecular complexity index is 625. The maximum atomic E-state index is 11.0. The minimum atomic E-state index is -0.448. The van der Waals surface area contributed by atoms with E-state index < -0.39 is 4.92 Å². The number of nitrogens with zero attached hydrogens (tertiary/aromatic N) is 2. The van der Waals surface area contributed by atoms with E-state index in [4.69, 9.17) is 10.5 Å². The van der Waals surface area contributed by atoms with Crippen molar-refractivity contribution in [3.63, 3.8) is 0 Å². The number of ether oxygens (including phenoxy) is 1. The summed E-state index contributed by atoms with van der Waals surface area (Å²) in [7, 11) is 1.41. The minimum absolute atomic E-state index is 0.0323. The molecule has 0 saturated carbocycles. The first kappa shape index (κ1) is 13.3. The zero-order valence-corrected chi connectivity index (χ0v) is 11.4. The number of rotatable bonds is 4. The van der Waals surface area contributed by atoms with Gasteiger partial charge >= 0.3 is 5.69 Å². The molecule has 1 aromatic heterocycles. The van der Waals surface area contributed by atoms with Crippen molar-refractivity contribution in [2.75, 3.05) is 12.8 Å². The molecule has 0 radical (unpaired) electrons. The zero-order chi connectivity index (χ0) is 14.0. The highest BCUT2D eigenvalue weighted by Crippen LogP contribution is 2.30. The molecule has 0 aliphatic heterocycles. The molecule has 0 saturated heterocycles. The predicted molar refractivity (Wildman–Crippen MR) is 73.7 cm³/mol. The molecule has 2 rings (SSSR count). The van der Waals surface area contributed by atoms with Crippen LogP contribution in [0.3, 0.4) is 0 Å². The number of nitro groups is 1. The van der Waals surface area contributed by atoms with Gasteiger partial charge < -0.3 is 10.5 Å². The first-order valence-corrected chi connectivity index (χ1v) is 6.36. The molecule has 1 heterocycles. The average molecular weight is 279 g/mol. The Balaban J connectivity index is 2.33. The summed E-state index contributed by atoms with van der Waals surface area (Å²) >= 11 is 1.40. The van der Waals surface area contributed by atoms with Crippen LogP contribution >= 0.6 is 11.3 Å². The average Bonchev–Trinajstić information content (AvgIpc) is 2.67. The predicted octanol–water partition coefficient (Wildman–Crippen LogP) is 2.54. The Labute approximate surface area is 114 Å². The molecule has 19 heavy (non-hydrogen) atoms. The summed E-state index contributed by atoms with van der Waals surface area (Å²) in [4.78, 5) is 15.7. The van der Waals surface area contributed by atoms with Gasteiger partial charge in [0.25, 0.3) is 0 Å². The van der Waals surface area contributed by atoms with Crippen LogP contribution in [0.1, 0.15) is 16.1 Å². The molecule has 100 valence electrons. The second-order valence-electron chi connectivity index (χ2n) is 4.00. The van der Waals surface area contributed by atoms with E-state index in [1.807, 2.05) is 6.92 Å². The van der Waals surface area contributed by atoms with Crippen molar-refractivity contribution in [1.82, 2.24) is 4.98 Å². The maximum Gasteiger partial charge on any atom is 0.311 e. The third-order valence-electron chi connectivity index (χ3n) is 2.71. The van der Waals surface area contributed by atoms with Gasteiger partial charge in [0.05, 0.1) is 17.7 Å². The fourth-order valence-electron chi connectivity index (χ4n) is 1.79. The van der Waals surface area contributed by atoms with Crippen LogP contribution in [-0.4, -0.2) is 17.0 Å². The van der Waals surface area contributed by atoms with Gasteiger partial charge in [-0.15, -0.1) is 11.3 Å². The Kier molecular flexibility index (Phi) is 3.66. The van der Waals surface area contributed by atoms with Crippen molar-refractivity contribution >= 4 is 22.2 Å². The molecule has 0 bridgehead atoms. The van der Waals surface area contributed by atoms with Crippen molar-refractivity contribution in [2.24, 2.45) is 0 Å². The highest BCUT2D eigenvalue weighted by molar-refractivity contribution is 7.15. The molecule has 0 unspecified atom stereocenters. The van der Waals surface area contributed by atoms with E-state index in [2.05, 4.69) is 4.98 Å². The molecular weight excluding hydrogens is 266 g/mol. The van der Waals surface area contributed by atoms with Crippen molar-refractivity contribution < 1.29 is 9.66 Å². The molecule has 7 heteroatoms. The number of methoxy groups -OCH3 is 1. The highest BCUT2D eigenvalue weighted by Gasteiger charge is 2.16. The maximum absolute atomic E-state index is 11.0. The fraction of sp³-hybridized carbons (Fsp3) is 0.250. The smallest absolute Gasteiger partial charge is 0.311 e. The molecule has 0 aliphatic carbocycles. The highest BCUT2D eigenvalue weighted by atomic mass is 32.1. The van der Waals surface area contributed by atoms with E-state index in [0.717, 1.165) is 16.1 Å². The molecule has 0 fully saturated rings. The molecule has 2 N–H and O–H groups in total. The number of hydrogen-bond donors (Lipinski definition) is 1. The molecule has 0 amide bonds. The fourth-order valence-corrected chi connectivity index (χ4v) is 2.66. The Morgan fingerprint density at radius 1 is 1.53 bits per heavy atom. The molecule has 0 spiro atoms. The van der Waals surface area contributed by atoms with Crippen LogP contribution in [0.5, 0.6) is 5.75 Å². The number of aromatic nitrogens is 1. The normalized spacial score (nSPS) is 10.4. The zero-order valence-electron chi connectivity index (χ0n) is 10.5. The topological polar surface area (TPSA) is 91.3 Å². The van der Waals surface area contributed by atoms with Crippen molar-refractivity contribution in [3.05, 3.63) is 44.4 Å². The van der Waals surface area contributed by atoms with Gasteiger partial charge in [-0.25, -0.2) is 4.98 Å². The molecule has 6 nitrogen and oxygen atoms in total. The number of anilines is 1. The van der Waals surface area contributed by atoms with Crippen LogP contribution in [0.25, 0.3) is 0 Å². The van der Waals surface area contributed by atoms with Crippen molar-refractivity contribution in [3.8, 4) is 5.75 Å². The second-order valence-corrected chi connectivity index (χ2v) is 5.12. The van der Waals surface area contributed by atoms with Crippen LogP contribution in [0.4, 0.5) is 10.8 Å². The number of nitrogen functional groups attached to an aromatic ring is 1. The Morgan fingerprint density at radius 2 is 2.26 bits per heavy atom. The number of nitro benzene ring substituents is 1. The van der Waals surface area contributed by atoms with Gasteiger partial charge in [-0.3, -0.25) is 10.1 Å². The van der Waals surface area contributed by atoms with E-state index in [1.54, 1.807) is 12.1 Å². The molecular formula is C12H13N3O3S. The quantitative estimate of drug-likeness (QED) is 0.686. The number of aryl methyl sites for hydroxylation is 1. The third-order valence-corrected chi connectivity index (χ3v) is 3.70. The van der Waals surface area contributed by atoms with Gasteiger partial charge in [0.1, 0.15) is 0 Å². The Hall–Kier alpha value is -2.15. The van der Waals surface area contributed by atoms with Gasteiger partial charge in [-0.05, 0) is 18.6 Å². The van der Waals surface area contributed by atoms with Crippen LogP contribution in [0.15, 0.2) is 18.2 Å². The number of nitrogens with two attached hydrogens (primary N) is 1. The van der Waals surface area contributed by atoms with E-state index in [1.165, 1.54) is 24.5 Å². The first-order valence-electron chi connectivity index (χ1n) is 5.54. The summed E-state index contributed by atoms with van der Waals surface area (Å²) in [5, 5.41) is 11.5. The van der Waals surface area contributed by atoms with Gasteiger partial charge in [0.2, 0.25) is 0 Å². The van der Waals surface area contributed by atoms with E-state index in [-0.39, 0.29) is 11.4 Å². The number of hydrogen-bond acceptors (Lipinski definition) is 6. The lowest BCUT2D eigenvalue weighted by molar-refractivity contribution is -0.385. The lowest BCUT2D eigenvalue weighted by atomic mass is 10.1. The lowest BCUT2D eigenvalue weighted by Crippen LogP contribution is -1.96. The molecule has 1 aromatic carbocycles. The van der Waals surface area contributed by atoms with Crippen LogP contribution < -0.4 is 10.5 Å². The number of thiazole rings is 1. The third kappa shape index (κ3) is 2.82.